The number of rotatable bonds is 3. The molecule has 0 radical (unpaired) electrons. The molecule has 17 heavy (non-hydrogen) atoms. The summed E-state index contributed by atoms with van der Waals surface area (Å²) in [7, 11) is -3.37. The maximum atomic E-state index is 12.0. The summed E-state index contributed by atoms with van der Waals surface area (Å²) in [6, 6.07) is 2.86. The fourth-order valence-corrected chi connectivity index (χ4v) is 3.41. The average molecular weight is 276 g/mol. The third kappa shape index (κ3) is 3.37. The van der Waals surface area contributed by atoms with E-state index < -0.39 is 9.84 Å². The van der Waals surface area contributed by atoms with Gasteiger partial charge in [-0.15, -0.1) is 10.2 Å². The summed E-state index contributed by atoms with van der Waals surface area (Å²) >= 11 is 5.57. The van der Waals surface area contributed by atoms with Crippen LogP contribution in [0.5, 0.6) is 0 Å². The molecular formula is C10H14ClN3O2S. The normalized spacial score (nSPS) is 21.4. The lowest BCUT2D eigenvalue weighted by Gasteiger charge is -2.22. The minimum atomic E-state index is -3.37. The topological polar surface area (TPSA) is 72.0 Å². The zero-order valence-electron chi connectivity index (χ0n) is 9.26. The Bertz CT molecular complexity index is 469. The van der Waals surface area contributed by atoms with Gasteiger partial charge in [0, 0.05) is 6.04 Å². The van der Waals surface area contributed by atoms with Crippen LogP contribution >= 0.6 is 11.6 Å². The van der Waals surface area contributed by atoms with Crippen molar-refractivity contribution in [2.24, 2.45) is 0 Å². The minimum Gasteiger partial charge on any atom is -0.313 e. The van der Waals surface area contributed by atoms with Crippen LogP contribution in [0.25, 0.3) is 0 Å². The number of hydrogen-bond acceptors (Lipinski definition) is 5. The summed E-state index contributed by atoms with van der Waals surface area (Å²) in [5, 5.41) is 10.6. The van der Waals surface area contributed by atoms with Crippen LogP contribution in [0.2, 0.25) is 5.15 Å². The Kier molecular flexibility index (Phi) is 3.96. The van der Waals surface area contributed by atoms with Gasteiger partial charge in [-0.2, -0.15) is 0 Å². The molecular weight excluding hydrogens is 262 g/mol. The van der Waals surface area contributed by atoms with Crippen molar-refractivity contribution in [1.82, 2.24) is 15.5 Å². The van der Waals surface area contributed by atoms with Gasteiger partial charge in [0.25, 0.3) is 0 Å². The van der Waals surface area contributed by atoms with Crippen LogP contribution in [0.4, 0.5) is 0 Å². The Hall–Kier alpha value is -0.720. The molecule has 1 aliphatic heterocycles. The molecule has 0 aliphatic carbocycles. The predicted molar refractivity (Wildman–Crippen MR) is 64.7 cm³/mol. The van der Waals surface area contributed by atoms with Crippen molar-refractivity contribution in [1.29, 1.82) is 0 Å². The molecule has 1 fully saturated rings. The highest BCUT2D eigenvalue weighted by atomic mass is 35.5. The van der Waals surface area contributed by atoms with Crippen LogP contribution in [-0.4, -0.2) is 37.0 Å². The zero-order chi connectivity index (χ0) is 12.3. The van der Waals surface area contributed by atoms with E-state index in [0.717, 1.165) is 25.8 Å². The quantitative estimate of drug-likeness (QED) is 0.893. The molecule has 0 bridgehead atoms. The van der Waals surface area contributed by atoms with Gasteiger partial charge in [-0.3, -0.25) is 0 Å². The first-order valence-corrected chi connectivity index (χ1v) is 7.56. The van der Waals surface area contributed by atoms with Crippen LogP contribution in [0, 0.1) is 0 Å². The summed E-state index contributed by atoms with van der Waals surface area (Å²) in [6.45, 7) is 0.881. The van der Waals surface area contributed by atoms with Crippen molar-refractivity contribution in [3.8, 4) is 0 Å². The van der Waals surface area contributed by atoms with E-state index in [1.54, 1.807) is 0 Å². The maximum absolute atomic E-state index is 12.0. The Morgan fingerprint density at radius 1 is 1.35 bits per heavy atom. The van der Waals surface area contributed by atoms with Crippen LogP contribution in [-0.2, 0) is 9.84 Å². The Labute approximate surface area is 106 Å². The molecule has 0 unspecified atom stereocenters. The summed E-state index contributed by atoms with van der Waals surface area (Å²) in [5.74, 6) is 0.0727. The first-order valence-electron chi connectivity index (χ1n) is 5.53. The molecule has 0 amide bonds. The van der Waals surface area contributed by atoms with Crippen molar-refractivity contribution < 1.29 is 8.42 Å². The summed E-state index contributed by atoms with van der Waals surface area (Å²) in [6.07, 6.45) is 3.07. The molecule has 1 saturated heterocycles. The fourth-order valence-electron chi connectivity index (χ4n) is 1.89. The Morgan fingerprint density at radius 3 is 2.76 bits per heavy atom. The van der Waals surface area contributed by atoms with Gasteiger partial charge in [0.2, 0.25) is 0 Å². The van der Waals surface area contributed by atoms with E-state index in [1.807, 2.05) is 0 Å². The second-order valence-corrected chi connectivity index (χ2v) is 6.49. The monoisotopic (exact) mass is 275 g/mol. The van der Waals surface area contributed by atoms with Gasteiger partial charge in [-0.1, -0.05) is 18.0 Å². The lowest BCUT2D eigenvalue weighted by Crippen LogP contribution is -2.39. The standard InChI is InChI=1S/C10H14ClN3O2S/c11-9-4-5-10(14-13-9)17(15,16)7-8-3-1-2-6-12-8/h4-5,8,12H,1-3,6-7H2/t8-/m0/s1. The van der Waals surface area contributed by atoms with Gasteiger partial charge in [0.15, 0.2) is 20.0 Å². The maximum Gasteiger partial charge on any atom is 0.198 e. The third-order valence-electron chi connectivity index (χ3n) is 2.76. The zero-order valence-corrected chi connectivity index (χ0v) is 10.8. The smallest absolute Gasteiger partial charge is 0.198 e. The van der Waals surface area contributed by atoms with Crippen molar-refractivity contribution in [3.05, 3.63) is 17.3 Å². The average Bonchev–Trinajstić information content (AvgIpc) is 2.30. The second-order valence-electron chi connectivity index (χ2n) is 4.12. The van der Waals surface area contributed by atoms with Crippen LogP contribution in [0.15, 0.2) is 17.2 Å². The van der Waals surface area contributed by atoms with Gasteiger partial charge in [0.1, 0.15) is 0 Å². The summed E-state index contributed by atoms with van der Waals surface area (Å²) < 4.78 is 24.1. The van der Waals surface area contributed by atoms with Gasteiger partial charge < -0.3 is 5.32 Å². The number of hydrogen-bond donors (Lipinski definition) is 1. The molecule has 0 saturated carbocycles. The van der Waals surface area contributed by atoms with E-state index >= 15 is 0 Å². The van der Waals surface area contributed by atoms with Crippen LogP contribution in [0.3, 0.4) is 0 Å². The first kappa shape index (κ1) is 12.7. The number of sulfone groups is 1. The molecule has 1 aromatic rings. The molecule has 2 heterocycles. The lowest BCUT2D eigenvalue weighted by molar-refractivity contribution is 0.423. The molecule has 1 N–H and O–H groups in total. The van der Waals surface area contributed by atoms with Gasteiger partial charge in [0.05, 0.1) is 5.75 Å². The minimum absolute atomic E-state index is 0.00530. The molecule has 1 aromatic heterocycles. The largest absolute Gasteiger partial charge is 0.313 e. The number of nitrogens with zero attached hydrogens (tertiary/aromatic N) is 2. The highest BCUT2D eigenvalue weighted by Gasteiger charge is 2.23. The SMILES string of the molecule is O=S(=O)(C[C@@H]1CCCCN1)c1ccc(Cl)nn1. The predicted octanol–water partition coefficient (Wildman–Crippen LogP) is 1.05. The molecule has 1 atom stereocenters. The Balaban J connectivity index is 2.10. The molecule has 94 valence electrons. The number of piperidine rings is 1. The second kappa shape index (κ2) is 5.29. The van der Waals surface area contributed by atoms with Crippen LogP contribution in [0.1, 0.15) is 19.3 Å². The van der Waals surface area contributed by atoms with E-state index in [-0.39, 0.29) is 22.0 Å². The van der Waals surface area contributed by atoms with Crippen molar-refractivity contribution in [2.45, 2.75) is 30.3 Å². The highest BCUT2D eigenvalue weighted by Crippen LogP contribution is 2.14. The van der Waals surface area contributed by atoms with Crippen molar-refractivity contribution >= 4 is 21.4 Å². The van der Waals surface area contributed by atoms with E-state index in [4.69, 9.17) is 11.6 Å². The van der Waals surface area contributed by atoms with Gasteiger partial charge in [-0.25, -0.2) is 8.42 Å². The summed E-state index contributed by atoms with van der Waals surface area (Å²) in [5.41, 5.74) is 0. The molecule has 5 nitrogen and oxygen atoms in total. The molecule has 7 heteroatoms. The van der Waals surface area contributed by atoms with Crippen molar-refractivity contribution in [2.75, 3.05) is 12.3 Å². The fraction of sp³-hybridized carbons (Fsp3) is 0.600. The summed E-state index contributed by atoms with van der Waals surface area (Å²) in [4.78, 5) is 0. The molecule has 0 spiro atoms. The number of nitrogens with one attached hydrogen (secondary N) is 1. The highest BCUT2D eigenvalue weighted by molar-refractivity contribution is 7.91. The third-order valence-corrected chi connectivity index (χ3v) is 4.66. The van der Waals surface area contributed by atoms with Crippen LogP contribution < -0.4 is 5.32 Å². The van der Waals surface area contributed by atoms with Crippen molar-refractivity contribution in [3.63, 3.8) is 0 Å². The number of aromatic nitrogens is 2. The van der Waals surface area contributed by atoms with E-state index in [1.165, 1.54) is 12.1 Å². The van der Waals surface area contributed by atoms with E-state index in [9.17, 15) is 8.42 Å². The molecule has 2 rings (SSSR count). The van der Waals surface area contributed by atoms with E-state index in [0.29, 0.717) is 0 Å². The first-order chi connectivity index (χ1) is 8.08. The van der Waals surface area contributed by atoms with Gasteiger partial charge in [-0.05, 0) is 31.5 Å². The molecule has 0 aromatic carbocycles. The number of halogens is 1. The van der Waals surface area contributed by atoms with E-state index in [2.05, 4.69) is 15.5 Å². The lowest BCUT2D eigenvalue weighted by atomic mass is 10.1. The Morgan fingerprint density at radius 2 is 2.18 bits per heavy atom. The van der Waals surface area contributed by atoms with Gasteiger partial charge >= 0.3 is 0 Å². The molecule has 1 aliphatic rings.